The molecule has 3 aromatic carbocycles. The van der Waals surface area contributed by atoms with Crippen LogP contribution in [0, 0.1) is 5.92 Å². The highest BCUT2D eigenvalue weighted by molar-refractivity contribution is 5.93. The summed E-state index contributed by atoms with van der Waals surface area (Å²) in [5.74, 6) is 0.256. The quantitative estimate of drug-likeness (QED) is 0.148. The first-order valence-electron chi connectivity index (χ1n) is 19.8. The highest BCUT2D eigenvalue weighted by Crippen LogP contribution is 2.54. The van der Waals surface area contributed by atoms with Crippen molar-refractivity contribution in [2.75, 3.05) is 81.5 Å². The Morgan fingerprint density at radius 1 is 0.821 bits per heavy atom. The van der Waals surface area contributed by atoms with Crippen LogP contribution in [0.3, 0.4) is 0 Å². The Morgan fingerprint density at radius 3 is 2.12 bits per heavy atom. The van der Waals surface area contributed by atoms with Crippen LogP contribution >= 0.6 is 0 Å². The fraction of sp³-hybridized carbons (Fsp3) is 0.545. The zero-order valence-electron chi connectivity index (χ0n) is 33.7. The van der Waals surface area contributed by atoms with Crippen LogP contribution in [0.2, 0.25) is 0 Å². The largest absolute Gasteiger partial charge is 0.493 e. The molecule has 56 heavy (non-hydrogen) atoms. The molecule has 12 heteroatoms. The smallest absolute Gasteiger partial charge is 0.330 e. The Balaban J connectivity index is 1.48. The van der Waals surface area contributed by atoms with Crippen LogP contribution in [-0.4, -0.2) is 114 Å². The average Bonchev–Trinajstić information content (AvgIpc) is 4.06. The fourth-order valence-electron chi connectivity index (χ4n) is 8.97. The average molecular weight is 775 g/mol. The molecule has 12 nitrogen and oxygen atoms in total. The van der Waals surface area contributed by atoms with E-state index in [0.717, 1.165) is 43.6 Å². The molecule has 3 aromatic rings. The standard InChI is InChI=1S/C44H58N2O10/c1-7-35(30-10-8-11-33(25-30)56-23-20-45-18-21-55-22-19-45)44(43(48)49)36(31-15-16-37(50-2)38(26-31)51-3)12-9-17-46(44)42(47)34(24-29-13-14-29)32-27-39(52-4)41(54-6)40(28-32)53-5/h8,10-11,15-16,25-29,34-36H,7,9,12-14,17-24H2,1-6H3,(H,48,49)/t34-,35?,36+,44-/m0/s1. The Bertz CT molecular complexity index is 1780. The molecule has 1 aliphatic carbocycles. The van der Waals surface area contributed by atoms with E-state index in [2.05, 4.69) is 4.90 Å². The summed E-state index contributed by atoms with van der Waals surface area (Å²) < 4.78 is 40.2. The minimum Gasteiger partial charge on any atom is -0.493 e. The van der Waals surface area contributed by atoms with E-state index in [9.17, 15) is 9.90 Å². The molecule has 0 spiro atoms. The Labute approximate surface area is 330 Å². The lowest BCUT2D eigenvalue weighted by molar-refractivity contribution is -0.168. The maximum absolute atomic E-state index is 15.6. The van der Waals surface area contributed by atoms with E-state index in [-0.39, 0.29) is 12.5 Å². The molecule has 1 saturated carbocycles. The van der Waals surface area contributed by atoms with Crippen LogP contribution in [-0.2, 0) is 14.3 Å². The van der Waals surface area contributed by atoms with Gasteiger partial charge in [0.25, 0.3) is 0 Å². The molecule has 1 N–H and O–H groups in total. The molecule has 2 saturated heterocycles. The molecular weight excluding hydrogens is 716 g/mol. The van der Waals surface area contributed by atoms with Crippen molar-refractivity contribution in [1.29, 1.82) is 0 Å². The second-order valence-corrected chi connectivity index (χ2v) is 15.0. The molecule has 0 radical (unpaired) electrons. The van der Waals surface area contributed by atoms with Gasteiger partial charge in [-0.25, -0.2) is 4.79 Å². The zero-order chi connectivity index (χ0) is 39.8. The summed E-state index contributed by atoms with van der Waals surface area (Å²) in [5, 5.41) is 11.9. The molecule has 3 aliphatic rings. The molecule has 1 amide bonds. The molecular formula is C44H58N2O10. The third-order valence-corrected chi connectivity index (χ3v) is 11.9. The molecule has 304 valence electrons. The number of ether oxygens (including phenoxy) is 7. The zero-order valence-corrected chi connectivity index (χ0v) is 33.7. The summed E-state index contributed by atoms with van der Waals surface area (Å²) in [6.07, 6.45) is 4.23. The van der Waals surface area contributed by atoms with Gasteiger partial charge in [0.15, 0.2) is 28.5 Å². The number of hydrogen-bond donors (Lipinski definition) is 1. The van der Waals surface area contributed by atoms with E-state index in [0.29, 0.717) is 91.5 Å². The number of rotatable bonds is 18. The number of hydrogen-bond acceptors (Lipinski definition) is 10. The van der Waals surface area contributed by atoms with Crippen molar-refractivity contribution in [3.63, 3.8) is 0 Å². The van der Waals surface area contributed by atoms with E-state index in [1.807, 2.05) is 61.5 Å². The Morgan fingerprint density at radius 2 is 1.52 bits per heavy atom. The number of benzene rings is 3. The van der Waals surface area contributed by atoms with Gasteiger partial charge in [-0.1, -0.05) is 38.0 Å². The number of likely N-dealkylation sites (tertiary alicyclic amines) is 1. The number of morpholine rings is 1. The van der Waals surface area contributed by atoms with E-state index in [1.165, 1.54) is 0 Å². The van der Waals surface area contributed by atoms with Crippen LogP contribution in [0.1, 0.15) is 79.9 Å². The van der Waals surface area contributed by atoms with Crippen molar-refractivity contribution in [2.24, 2.45) is 5.92 Å². The first-order valence-corrected chi connectivity index (χ1v) is 19.8. The fourth-order valence-corrected chi connectivity index (χ4v) is 8.97. The van der Waals surface area contributed by atoms with E-state index >= 15 is 4.79 Å². The monoisotopic (exact) mass is 774 g/mol. The van der Waals surface area contributed by atoms with Gasteiger partial charge in [-0.15, -0.1) is 0 Å². The molecule has 0 aromatic heterocycles. The van der Waals surface area contributed by atoms with Crippen molar-refractivity contribution in [3.05, 3.63) is 71.3 Å². The molecule has 4 atom stereocenters. The SMILES string of the molecule is CCC(c1cccc(OCCN2CCOCC2)c1)[C@@]1(C(=O)O)[C@@H](c2ccc(OC)c(OC)c2)CCCN1C(=O)[C@@H](CC1CC1)c1cc(OC)c(OC)c(OC)c1. The summed E-state index contributed by atoms with van der Waals surface area (Å²) in [7, 11) is 7.80. The Hall–Kier alpha value is -4.68. The van der Waals surface area contributed by atoms with E-state index in [4.69, 9.17) is 33.2 Å². The summed E-state index contributed by atoms with van der Waals surface area (Å²) in [5.41, 5.74) is 0.590. The van der Waals surface area contributed by atoms with Gasteiger partial charge in [-0.05, 0) is 84.7 Å². The van der Waals surface area contributed by atoms with Crippen LogP contribution in [0.25, 0.3) is 0 Å². The van der Waals surface area contributed by atoms with Gasteiger partial charge in [-0.3, -0.25) is 9.69 Å². The van der Waals surface area contributed by atoms with E-state index in [1.54, 1.807) is 40.4 Å². The minimum absolute atomic E-state index is 0.227. The van der Waals surface area contributed by atoms with Gasteiger partial charge in [0.05, 0.1) is 54.7 Å². The summed E-state index contributed by atoms with van der Waals surface area (Å²) in [6, 6.07) is 17.0. The molecule has 2 heterocycles. The Kier molecular flexibility index (Phi) is 13.5. The lowest BCUT2D eigenvalue weighted by Gasteiger charge is -2.54. The van der Waals surface area contributed by atoms with Crippen LogP contribution < -0.4 is 28.4 Å². The van der Waals surface area contributed by atoms with Gasteiger partial charge < -0.3 is 43.2 Å². The van der Waals surface area contributed by atoms with Crippen molar-refractivity contribution < 1.29 is 47.9 Å². The van der Waals surface area contributed by atoms with Crippen molar-refractivity contribution in [1.82, 2.24) is 9.80 Å². The maximum Gasteiger partial charge on any atom is 0.330 e. The third kappa shape index (κ3) is 8.37. The normalized spacial score (nSPS) is 21.1. The van der Waals surface area contributed by atoms with Gasteiger partial charge in [-0.2, -0.15) is 0 Å². The first-order chi connectivity index (χ1) is 27.2. The van der Waals surface area contributed by atoms with E-state index < -0.39 is 29.3 Å². The number of carboxylic acid groups (broad SMARTS) is 1. The number of methoxy groups -OCH3 is 5. The van der Waals surface area contributed by atoms with Crippen molar-refractivity contribution in [2.45, 2.75) is 68.7 Å². The minimum atomic E-state index is -1.68. The van der Waals surface area contributed by atoms with Crippen LogP contribution in [0.4, 0.5) is 0 Å². The topological polar surface area (TPSA) is 125 Å². The van der Waals surface area contributed by atoms with Gasteiger partial charge in [0, 0.05) is 38.0 Å². The number of nitrogens with zero attached hydrogens (tertiary/aromatic N) is 2. The number of amides is 1. The van der Waals surface area contributed by atoms with Crippen LogP contribution in [0.5, 0.6) is 34.5 Å². The van der Waals surface area contributed by atoms with Crippen LogP contribution in [0.15, 0.2) is 54.6 Å². The highest BCUT2D eigenvalue weighted by atomic mass is 16.5. The summed E-state index contributed by atoms with van der Waals surface area (Å²) >= 11 is 0. The summed E-state index contributed by atoms with van der Waals surface area (Å²) in [4.78, 5) is 34.2. The predicted molar refractivity (Wildman–Crippen MR) is 212 cm³/mol. The number of carbonyl (C=O) groups excluding carboxylic acids is 1. The molecule has 1 unspecified atom stereocenters. The maximum atomic E-state index is 15.6. The molecule has 0 bridgehead atoms. The van der Waals surface area contributed by atoms with Gasteiger partial charge in [0.2, 0.25) is 11.7 Å². The molecule has 6 rings (SSSR count). The lowest BCUT2D eigenvalue weighted by atomic mass is 9.62. The third-order valence-electron chi connectivity index (χ3n) is 11.9. The number of carboxylic acids is 1. The van der Waals surface area contributed by atoms with Crippen molar-refractivity contribution in [3.8, 4) is 34.5 Å². The second kappa shape index (κ2) is 18.5. The number of aliphatic carboxylic acids is 1. The second-order valence-electron chi connectivity index (χ2n) is 15.0. The van der Waals surface area contributed by atoms with Gasteiger partial charge in [0.1, 0.15) is 12.4 Å². The predicted octanol–water partition coefficient (Wildman–Crippen LogP) is 6.75. The first kappa shape index (κ1) is 41.0. The molecule has 3 fully saturated rings. The lowest BCUT2D eigenvalue weighted by Crippen LogP contribution is -2.66. The van der Waals surface area contributed by atoms with Crippen molar-refractivity contribution >= 4 is 11.9 Å². The molecule has 2 aliphatic heterocycles. The van der Waals surface area contributed by atoms with Gasteiger partial charge >= 0.3 is 5.97 Å². The summed E-state index contributed by atoms with van der Waals surface area (Å²) in [6.45, 7) is 6.68. The number of piperidine rings is 1. The number of carbonyl (C=O) groups is 2. The highest BCUT2D eigenvalue weighted by Gasteiger charge is 2.60.